The molecule has 0 saturated carbocycles. The van der Waals surface area contributed by atoms with E-state index >= 15 is 0 Å². The molecule has 0 unspecified atom stereocenters. The van der Waals surface area contributed by atoms with E-state index in [1.54, 1.807) is 17.0 Å². The second-order valence-corrected chi connectivity index (χ2v) is 5.09. The lowest BCUT2D eigenvalue weighted by Gasteiger charge is -2.20. The Bertz CT molecular complexity index is 637. The van der Waals surface area contributed by atoms with E-state index in [1.165, 1.54) is 11.3 Å². The maximum Gasteiger partial charge on any atom is 0.268 e. The number of benzene rings is 1. The normalized spacial score (nSPS) is 9.70. The minimum absolute atomic E-state index is 0.0271. The molecule has 1 amide bonds. The van der Waals surface area contributed by atoms with Gasteiger partial charge in [0, 0.05) is 12.2 Å². The largest absolute Gasteiger partial charge is 0.384 e. The SMILES string of the molecule is CCN(C(=O)c1ccc(C#CCO)s1)c1ccccc1. The van der Waals surface area contributed by atoms with Crippen LogP contribution in [-0.4, -0.2) is 24.2 Å². The Labute approximate surface area is 122 Å². The predicted molar refractivity (Wildman–Crippen MR) is 82.1 cm³/mol. The number of rotatable bonds is 3. The number of aliphatic hydroxyl groups excluding tert-OH is 1. The van der Waals surface area contributed by atoms with Gasteiger partial charge in [-0.05, 0) is 31.2 Å². The molecule has 20 heavy (non-hydrogen) atoms. The van der Waals surface area contributed by atoms with Crippen LogP contribution in [-0.2, 0) is 0 Å². The molecule has 2 aromatic rings. The highest BCUT2D eigenvalue weighted by atomic mass is 32.1. The molecular weight excluding hydrogens is 270 g/mol. The van der Waals surface area contributed by atoms with Crippen molar-refractivity contribution < 1.29 is 9.90 Å². The molecule has 102 valence electrons. The number of nitrogens with zero attached hydrogens (tertiary/aromatic N) is 1. The molecule has 0 bridgehead atoms. The third kappa shape index (κ3) is 3.27. The predicted octanol–water partition coefficient (Wildman–Crippen LogP) is 2.76. The highest BCUT2D eigenvalue weighted by Crippen LogP contribution is 2.21. The van der Waals surface area contributed by atoms with Crippen LogP contribution in [0.1, 0.15) is 21.5 Å². The molecule has 3 nitrogen and oxygen atoms in total. The number of aliphatic hydroxyl groups is 1. The van der Waals surface area contributed by atoms with Crippen LogP contribution < -0.4 is 4.90 Å². The van der Waals surface area contributed by atoms with Crippen molar-refractivity contribution in [1.29, 1.82) is 0 Å². The number of thiophene rings is 1. The molecule has 1 aromatic carbocycles. The second kappa shape index (κ2) is 6.90. The van der Waals surface area contributed by atoms with Crippen LogP contribution in [0.2, 0.25) is 0 Å². The van der Waals surface area contributed by atoms with Crippen LogP contribution in [0.4, 0.5) is 5.69 Å². The molecule has 1 aromatic heterocycles. The van der Waals surface area contributed by atoms with Gasteiger partial charge in [-0.3, -0.25) is 4.79 Å². The van der Waals surface area contributed by atoms with Gasteiger partial charge in [-0.25, -0.2) is 0 Å². The van der Waals surface area contributed by atoms with Crippen LogP contribution in [0.25, 0.3) is 0 Å². The summed E-state index contributed by atoms with van der Waals surface area (Å²) in [6, 6.07) is 13.2. The summed E-state index contributed by atoms with van der Waals surface area (Å²) < 4.78 is 0. The van der Waals surface area contributed by atoms with E-state index in [2.05, 4.69) is 11.8 Å². The van der Waals surface area contributed by atoms with E-state index in [9.17, 15) is 4.79 Å². The molecule has 0 aliphatic heterocycles. The van der Waals surface area contributed by atoms with Gasteiger partial charge in [0.1, 0.15) is 6.61 Å². The maximum atomic E-state index is 12.5. The quantitative estimate of drug-likeness (QED) is 0.881. The monoisotopic (exact) mass is 285 g/mol. The Morgan fingerprint density at radius 1 is 1.25 bits per heavy atom. The van der Waals surface area contributed by atoms with Crippen molar-refractivity contribution in [1.82, 2.24) is 0 Å². The van der Waals surface area contributed by atoms with Crippen LogP contribution in [0.5, 0.6) is 0 Å². The molecule has 0 spiro atoms. The van der Waals surface area contributed by atoms with Crippen LogP contribution >= 0.6 is 11.3 Å². The summed E-state index contributed by atoms with van der Waals surface area (Å²) in [5.41, 5.74) is 0.886. The number of carbonyl (C=O) groups is 1. The zero-order valence-electron chi connectivity index (χ0n) is 11.2. The van der Waals surface area contributed by atoms with Crippen molar-refractivity contribution in [3.8, 4) is 11.8 Å². The minimum atomic E-state index is -0.174. The van der Waals surface area contributed by atoms with E-state index in [0.717, 1.165) is 10.6 Å². The Morgan fingerprint density at radius 3 is 2.65 bits per heavy atom. The third-order valence-corrected chi connectivity index (χ3v) is 3.73. The van der Waals surface area contributed by atoms with Gasteiger partial charge in [-0.15, -0.1) is 11.3 Å². The van der Waals surface area contributed by atoms with Gasteiger partial charge in [0.25, 0.3) is 5.91 Å². The van der Waals surface area contributed by atoms with Crippen LogP contribution in [0.3, 0.4) is 0 Å². The molecule has 0 aliphatic rings. The lowest BCUT2D eigenvalue weighted by molar-refractivity contribution is 0.0992. The van der Waals surface area contributed by atoms with E-state index in [4.69, 9.17) is 5.11 Å². The average molecular weight is 285 g/mol. The summed E-state index contributed by atoms with van der Waals surface area (Å²) in [6.45, 7) is 2.38. The Morgan fingerprint density at radius 2 is 2.00 bits per heavy atom. The summed E-state index contributed by atoms with van der Waals surface area (Å²) in [7, 11) is 0. The first kappa shape index (κ1) is 14.3. The fourth-order valence-electron chi connectivity index (χ4n) is 1.83. The Balaban J connectivity index is 2.23. The number of hydrogen-bond acceptors (Lipinski definition) is 3. The summed E-state index contributed by atoms with van der Waals surface area (Å²) in [5.74, 6) is 5.37. The molecule has 1 heterocycles. The number of amides is 1. The van der Waals surface area contributed by atoms with Gasteiger partial charge in [0.05, 0.1) is 9.75 Å². The zero-order chi connectivity index (χ0) is 14.4. The minimum Gasteiger partial charge on any atom is -0.384 e. The van der Waals surface area contributed by atoms with Gasteiger partial charge in [-0.1, -0.05) is 30.0 Å². The van der Waals surface area contributed by atoms with Crippen molar-refractivity contribution in [2.45, 2.75) is 6.92 Å². The number of carbonyl (C=O) groups excluding carboxylic acids is 1. The molecule has 0 atom stereocenters. The molecule has 0 radical (unpaired) electrons. The highest BCUT2D eigenvalue weighted by Gasteiger charge is 2.17. The summed E-state index contributed by atoms with van der Waals surface area (Å²) in [4.78, 5) is 15.7. The van der Waals surface area contributed by atoms with Crippen molar-refractivity contribution in [2.75, 3.05) is 18.1 Å². The van der Waals surface area contributed by atoms with E-state index in [1.807, 2.05) is 37.3 Å². The Hall–Kier alpha value is -2.09. The van der Waals surface area contributed by atoms with Crippen LogP contribution in [0, 0.1) is 11.8 Å². The molecule has 0 fully saturated rings. The molecule has 0 aliphatic carbocycles. The summed E-state index contributed by atoms with van der Waals surface area (Å²) in [6.07, 6.45) is 0. The second-order valence-electron chi connectivity index (χ2n) is 4.01. The van der Waals surface area contributed by atoms with Crippen LogP contribution in [0.15, 0.2) is 42.5 Å². The van der Waals surface area contributed by atoms with Crippen molar-refractivity contribution in [3.63, 3.8) is 0 Å². The van der Waals surface area contributed by atoms with E-state index in [-0.39, 0.29) is 12.5 Å². The average Bonchev–Trinajstić information content (AvgIpc) is 2.96. The van der Waals surface area contributed by atoms with Crippen molar-refractivity contribution in [3.05, 3.63) is 52.2 Å². The summed E-state index contributed by atoms with van der Waals surface area (Å²) >= 11 is 1.34. The fraction of sp³-hybridized carbons (Fsp3) is 0.188. The maximum absolute atomic E-state index is 12.5. The first-order valence-electron chi connectivity index (χ1n) is 6.32. The van der Waals surface area contributed by atoms with E-state index in [0.29, 0.717) is 11.4 Å². The molecule has 2 rings (SSSR count). The van der Waals surface area contributed by atoms with Crippen molar-refractivity contribution >= 4 is 22.9 Å². The highest BCUT2D eigenvalue weighted by molar-refractivity contribution is 7.14. The number of anilines is 1. The summed E-state index contributed by atoms with van der Waals surface area (Å²) in [5, 5.41) is 8.67. The van der Waals surface area contributed by atoms with Gasteiger partial charge >= 0.3 is 0 Å². The third-order valence-electron chi connectivity index (χ3n) is 2.74. The molecule has 1 N–H and O–H groups in total. The number of para-hydroxylation sites is 1. The number of hydrogen-bond donors (Lipinski definition) is 1. The molecule has 0 saturated heterocycles. The molecular formula is C16H15NO2S. The van der Waals surface area contributed by atoms with Gasteiger partial charge in [0.2, 0.25) is 0 Å². The van der Waals surface area contributed by atoms with E-state index < -0.39 is 0 Å². The van der Waals surface area contributed by atoms with Gasteiger partial charge in [0.15, 0.2) is 0 Å². The smallest absolute Gasteiger partial charge is 0.268 e. The first-order chi connectivity index (χ1) is 9.76. The lowest BCUT2D eigenvalue weighted by atomic mass is 10.2. The zero-order valence-corrected chi connectivity index (χ0v) is 12.0. The topological polar surface area (TPSA) is 40.5 Å². The van der Waals surface area contributed by atoms with Gasteiger partial charge in [-0.2, -0.15) is 0 Å². The lowest BCUT2D eigenvalue weighted by Crippen LogP contribution is -2.29. The molecule has 4 heteroatoms. The standard InChI is InChI=1S/C16H15NO2S/c1-2-17(13-7-4-3-5-8-13)16(19)15-11-10-14(20-15)9-6-12-18/h3-5,7-8,10-11,18H,2,12H2,1H3. The fourth-order valence-corrected chi connectivity index (χ4v) is 2.66. The van der Waals surface area contributed by atoms with Gasteiger partial charge < -0.3 is 10.0 Å². The first-order valence-corrected chi connectivity index (χ1v) is 7.14. The Kier molecular flexibility index (Phi) is 4.94. The van der Waals surface area contributed by atoms with Crippen molar-refractivity contribution in [2.24, 2.45) is 0 Å².